The van der Waals surface area contributed by atoms with Crippen LogP contribution in [0.15, 0.2) is 18.2 Å². The Morgan fingerprint density at radius 1 is 1.47 bits per heavy atom. The van der Waals surface area contributed by atoms with E-state index in [4.69, 9.17) is 0 Å². The SMILES string of the molecule is O=[N+]([O-])c1cc([C@H](CO)N2CCNCC2)ccc1F. The van der Waals surface area contributed by atoms with E-state index in [1.165, 1.54) is 12.1 Å². The van der Waals surface area contributed by atoms with Crippen molar-refractivity contribution in [3.05, 3.63) is 39.7 Å². The Morgan fingerprint density at radius 2 is 2.16 bits per heavy atom. The zero-order chi connectivity index (χ0) is 13.8. The summed E-state index contributed by atoms with van der Waals surface area (Å²) >= 11 is 0. The number of nitro benzene ring substituents is 1. The van der Waals surface area contributed by atoms with E-state index in [1.807, 2.05) is 4.90 Å². The molecule has 0 bridgehead atoms. The average Bonchev–Trinajstić information content (AvgIpc) is 2.42. The molecule has 0 aliphatic carbocycles. The van der Waals surface area contributed by atoms with Crippen LogP contribution < -0.4 is 5.32 Å². The highest BCUT2D eigenvalue weighted by molar-refractivity contribution is 5.37. The monoisotopic (exact) mass is 269 g/mol. The summed E-state index contributed by atoms with van der Waals surface area (Å²) in [5, 5.41) is 23.4. The lowest BCUT2D eigenvalue weighted by atomic mass is 10.0. The van der Waals surface area contributed by atoms with Crippen LogP contribution in [0, 0.1) is 15.9 Å². The van der Waals surface area contributed by atoms with Crippen molar-refractivity contribution in [3.63, 3.8) is 0 Å². The second-order valence-corrected chi connectivity index (χ2v) is 4.45. The van der Waals surface area contributed by atoms with Crippen LogP contribution in [0.1, 0.15) is 11.6 Å². The summed E-state index contributed by atoms with van der Waals surface area (Å²) in [7, 11) is 0. The third-order valence-electron chi connectivity index (χ3n) is 3.32. The first-order valence-corrected chi connectivity index (χ1v) is 6.13. The van der Waals surface area contributed by atoms with Crippen LogP contribution in [0.3, 0.4) is 0 Å². The molecule has 2 N–H and O–H groups in total. The van der Waals surface area contributed by atoms with E-state index in [2.05, 4.69) is 5.32 Å². The summed E-state index contributed by atoms with van der Waals surface area (Å²) in [6.45, 7) is 2.95. The second-order valence-electron chi connectivity index (χ2n) is 4.45. The van der Waals surface area contributed by atoms with Crippen molar-refractivity contribution in [1.29, 1.82) is 0 Å². The van der Waals surface area contributed by atoms with Gasteiger partial charge in [0.25, 0.3) is 0 Å². The average molecular weight is 269 g/mol. The van der Waals surface area contributed by atoms with Gasteiger partial charge in [-0.2, -0.15) is 4.39 Å². The number of aliphatic hydroxyl groups is 1. The van der Waals surface area contributed by atoms with Gasteiger partial charge in [-0.3, -0.25) is 15.0 Å². The van der Waals surface area contributed by atoms with Crippen LogP contribution in [0.25, 0.3) is 0 Å². The molecular weight excluding hydrogens is 253 g/mol. The molecule has 1 aliphatic heterocycles. The summed E-state index contributed by atoms with van der Waals surface area (Å²) in [5.74, 6) is -0.856. The predicted octanol–water partition coefficient (Wildman–Crippen LogP) is 0.672. The van der Waals surface area contributed by atoms with Crippen molar-refractivity contribution in [2.24, 2.45) is 0 Å². The topological polar surface area (TPSA) is 78.6 Å². The number of nitrogens with one attached hydrogen (secondary N) is 1. The Kier molecular flexibility index (Phi) is 4.41. The third-order valence-corrected chi connectivity index (χ3v) is 3.32. The molecule has 6 nitrogen and oxygen atoms in total. The number of nitro groups is 1. The number of halogens is 1. The van der Waals surface area contributed by atoms with Gasteiger partial charge < -0.3 is 10.4 Å². The van der Waals surface area contributed by atoms with Crippen molar-refractivity contribution < 1.29 is 14.4 Å². The molecule has 0 amide bonds. The van der Waals surface area contributed by atoms with E-state index >= 15 is 0 Å². The first kappa shape index (κ1) is 13.9. The molecular formula is C12H16FN3O3. The molecule has 1 aromatic carbocycles. The van der Waals surface area contributed by atoms with E-state index in [-0.39, 0.29) is 12.6 Å². The highest BCUT2D eigenvalue weighted by Gasteiger charge is 2.24. The number of nitrogens with zero attached hydrogens (tertiary/aromatic N) is 2. The van der Waals surface area contributed by atoms with Crippen molar-refractivity contribution >= 4 is 5.69 Å². The van der Waals surface area contributed by atoms with Gasteiger partial charge in [0.2, 0.25) is 5.82 Å². The Bertz CT molecular complexity index is 464. The molecule has 2 rings (SSSR count). The maximum Gasteiger partial charge on any atom is 0.305 e. The number of hydrogen-bond acceptors (Lipinski definition) is 5. The fourth-order valence-electron chi connectivity index (χ4n) is 2.30. The van der Waals surface area contributed by atoms with Gasteiger partial charge in [0, 0.05) is 32.2 Å². The second kappa shape index (κ2) is 6.05. The normalized spacial score (nSPS) is 18.2. The summed E-state index contributed by atoms with van der Waals surface area (Å²) < 4.78 is 13.3. The molecule has 0 unspecified atom stereocenters. The minimum atomic E-state index is -0.856. The van der Waals surface area contributed by atoms with E-state index < -0.39 is 16.4 Å². The molecule has 7 heteroatoms. The fraction of sp³-hybridized carbons (Fsp3) is 0.500. The Labute approximate surface area is 110 Å². The molecule has 1 aromatic rings. The largest absolute Gasteiger partial charge is 0.394 e. The predicted molar refractivity (Wildman–Crippen MR) is 67.3 cm³/mol. The number of rotatable bonds is 4. The maximum atomic E-state index is 13.3. The van der Waals surface area contributed by atoms with Gasteiger partial charge in [-0.05, 0) is 11.6 Å². The highest BCUT2D eigenvalue weighted by Crippen LogP contribution is 2.26. The van der Waals surface area contributed by atoms with Gasteiger partial charge in [0.1, 0.15) is 0 Å². The summed E-state index contributed by atoms with van der Waals surface area (Å²) in [6.07, 6.45) is 0. The molecule has 0 saturated carbocycles. The number of piperazine rings is 1. The summed E-state index contributed by atoms with van der Waals surface area (Å²) in [6, 6.07) is 3.45. The molecule has 1 fully saturated rings. The first-order valence-electron chi connectivity index (χ1n) is 6.13. The van der Waals surface area contributed by atoms with Gasteiger partial charge in [-0.1, -0.05) is 6.07 Å². The zero-order valence-corrected chi connectivity index (χ0v) is 10.4. The van der Waals surface area contributed by atoms with E-state index in [1.54, 1.807) is 0 Å². The van der Waals surface area contributed by atoms with Crippen LogP contribution in [0.5, 0.6) is 0 Å². The molecule has 1 saturated heterocycles. The van der Waals surface area contributed by atoms with Gasteiger partial charge in [0.15, 0.2) is 0 Å². The van der Waals surface area contributed by atoms with E-state index in [0.717, 1.165) is 32.2 Å². The first-order chi connectivity index (χ1) is 9.13. The van der Waals surface area contributed by atoms with Gasteiger partial charge in [-0.15, -0.1) is 0 Å². The molecule has 104 valence electrons. The zero-order valence-electron chi connectivity index (χ0n) is 10.4. The number of hydrogen-bond donors (Lipinski definition) is 2. The van der Waals surface area contributed by atoms with Crippen LogP contribution in [-0.4, -0.2) is 47.7 Å². The summed E-state index contributed by atoms with van der Waals surface area (Å²) in [5.41, 5.74) is 0.0172. The Balaban J connectivity index is 2.27. The fourth-order valence-corrected chi connectivity index (χ4v) is 2.30. The van der Waals surface area contributed by atoms with Crippen molar-refractivity contribution in [2.75, 3.05) is 32.8 Å². The molecule has 0 radical (unpaired) electrons. The minimum absolute atomic E-state index is 0.150. The van der Waals surface area contributed by atoms with Gasteiger partial charge in [-0.25, -0.2) is 0 Å². The maximum absolute atomic E-state index is 13.3. The van der Waals surface area contributed by atoms with Crippen LogP contribution in [-0.2, 0) is 0 Å². The van der Waals surface area contributed by atoms with Crippen LogP contribution >= 0.6 is 0 Å². The smallest absolute Gasteiger partial charge is 0.305 e. The van der Waals surface area contributed by atoms with Gasteiger partial charge in [0.05, 0.1) is 17.6 Å². The number of benzene rings is 1. The standard InChI is InChI=1S/C12H16FN3O3/c13-10-2-1-9(7-11(10)16(18)19)12(8-17)15-5-3-14-4-6-15/h1-2,7,12,14,17H,3-6,8H2/t12-/m0/s1. The quantitative estimate of drug-likeness (QED) is 0.620. The lowest BCUT2D eigenvalue weighted by Crippen LogP contribution is -2.46. The Morgan fingerprint density at radius 3 is 2.74 bits per heavy atom. The Hall–Kier alpha value is -1.57. The molecule has 0 spiro atoms. The molecule has 1 heterocycles. The molecule has 19 heavy (non-hydrogen) atoms. The lowest BCUT2D eigenvalue weighted by molar-refractivity contribution is -0.387. The minimum Gasteiger partial charge on any atom is -0.394 e. The van der Waals surface area contributed by atoms with E-state index in [0.29, 0.717) is 5.56 Å². The van der Waals surface area contributed by atoms with Crippen molar-refractivity contribution in [2.45, 2.75) is 6.04 Å². The van der Waals surface area contributed by atoms with Crippen molar-refractivity contribution in [1.82, 2.24) is 10.2 Å². The molecule has 1 aliphatic rings. The van der Waals surface area contributed by atoms with Crippen LogP contribution in [0.2, 0.25) is 0 Å². The molecule has 0 aromatic heterocycles. The molecule has 1 atom stereocenters. The highest BCUT2D eigenvalue weighted by atomic mass is 19.1. The lowest BCUT2D eigenvalue weighted by Gasteiger charge is -2.34. The van der Waals surface area contributed by atoms with Crippen molar-refractivity contribution in [3.8, 4) is 0 Å². The third kappa shape index (κ3) is 3.06. The van der Waals surface area contributed by atoms with Crippen LogP contribution in [0.4, 0.5) is 10.1 Å². The van der Waals surface area contributed by atoms with Gasteiger partial charge >= 0.3 is 5.69 Å². The number of aliphatic hydroxyl groups excluding tert-OH is 1. The van der Waals surface area contributed by atoms with E-state index in [9.17, 15) is 19.6 Å². The summed E-state index contributed by atoms with van der Waals surface area (Å²) in [4.78, 5) is 12.0.